The molecule has 148 valence electrons. The summed E-state index contributed by atoms with van der Waals surface area (Å²) in [5.74, 6) is 1.08. The third-order valence-corrected chi connectivity index (χ3v) is 5.06. The van der Waals surface area contributed by atoms with Crippen LogP contribution >= 0.6 is 0 Å². The van der Waals surface area contributed by atoms with Gasteiger partial charge in [0.15, 0.2) is 5.82 Å². The smallest absolute Gasteiger partial charge is 0.331 e. The standard InChI is InChI=1S/C22H22N4O3/c1-15-8-3-4-9-17(15)14-26-19-11-6-5-10-18(19)21(27)25(22(26)28)13-7-12-20-23-16(2)24-29-20/h3-6,8-11H,7,12-14H2,1-2H3. The molecule has 7 heteroatoms. The Balaban J connectivity index is 1.73. The van der Waals surface area contributed by atoms with Crippen molar-refractivity contribution in [2.45, 2.75) is 39.8 Å². The van der Waals surface area contributed by atoms with Crippen LogP contribution in [0.1, 0.15) is 29.3 Å². The van der Waals surface area contributed by atoms with Crippen LogP contribution < -0.4 is 11.2 Å². The van der Waals surface area contributed by atoms with Crippen LogP contribution in [0.25, 0.3) is 10.9 Å². The molecule has 4 rings (SSSR count). The van der Waals surface area contributed by atoms with E-state index in [2.05, 4.69) is 10.1 Å². The summed E-state index contributed by atoms with van der Waals surface area (Å²) >= 11 is 0. The molecule has 0 bridgehead atoms. The number of aryl methyl sites for hydroxylation is 3. The number of hydrogen-bond donors (Lipinski definition) is 0. The average Bonchev–Trinajstić information content (AvgIpc) is 3.14. The summed E-state index contributed by atoms with van der Waals surface area (Å²) in [6.07, 6.45) is 1.07. The minimum Gasteiger partial charge on any atom is -0.339 e. The molecule has 0 aliphatic heterocycles. The van der Waals surface area contributed by atoms with Crippen LogP contribution in [0.2, 0.25) is 0 Å². The van der Waals surface area contributed by atoms with Gasteiger partial charge in [-0.2, -0.15) is 4.98 Å². The quantitative estimate of drug-likeness (QED) is 0.506. The molecule has 7 nitrogen and oxygen atoms in total. The Hall–Kier alpha value is -3.48. The Bertz CT molecular complexity index is 1280. The maximum Gasteiger partial charge on any atom is 0.331 e. The van der Waals surface area contributed by atoms with Crippen molar-refractivity contribution in [3.05, 3.63) is 92.2 Å². The highest BCUT2D eigenvalue weighted by molar-refractivity contribution is 5.77. The molecule has 0 unspecified atom stereocenters. The summed E-state index contributed by atoms with van der Waals surface area (Å²) in [5, 5.41) is 4.30. The monoisotopic (exact) mass is 390 g/mol. The van der Waals surface area contributed by atoms with Crippen molar-refractivity contribution in [3.63, 3.8) is 0 Å². The van der Waals surface area contributed by atoms with Crippen molar-refractivity contribution >= 4 is 10.9 Å². The van der Waals surface area contributed by atoms with Gasteiger partial charge in [-0.3, -0.25) is 13.9 Å². The first-order chi connectivity index (χ1) is 14.0. The normalized spacial score (nSPS) is 11.2. The first-order valence-electron chi connectivity index (χ1n) is 9.60. The second-order valence-corrected chi connectivity index (χ2v) is 7.11. The second kappa shape index (κ2) is 7.87. The zero-order chi connectivity index (χ0) is 20.4. The summed E-state index contributed by atoms with van der Waals surface area (Å²) in [5.41, 5.74) is 2.22. The van der Waals surface area contributed by atoms with Crippen LogP contribution in [0.15, 0.2) is 62.6 Å². The number of rotatable bonds is 6. The van der Waals surface area contributed by atoms with Crippen LogP contribution in [0.4, 0.5) is 0 Å². The van der Waals surface area contributed by atoms with E-state index in [1.807, 2.05) is 49.4 Å². The Labute approximate surface area is 167 Å². The highest BCUT2D eigenvalue weighted by Crippen LogP contribution is 2.13. The zero-order valence-electron chi connectivity index (χ0n) is 16.5. The molecule has 0 atom stereocenters. The van der Waals surface area contributed by atoms with E-state index in [9.17, 15) is 9.59 Å². The number of fused-ring (bicyclic) bond motifs is 1. The molecule has 4 aromatic rings. The number of benzene rings is 2. The fourth-order valence-electron chi connectivity index (χ4n) is 3.51. The van der Waals surface area contributed by atoms with Crippen molar-refractivity contribution in [2.24, 2.45) is 0 Å². The van der Waals surface area contributed by atoms with Gasteiger partial charge < -0.3 is 4.52 Å². The largest absolute Gasteiger partial charge is 0.339 e. The van der Waals surface area contributed by atoms with Gasteiger partial charge in [-0.25, -0.2) is 4.79 Å². The SMILES string of the molecule is Cc1noc(CCCn2c(=O)c3ccccc3n(Cc3ccccc3C)c2=O)n1. The van der Waals surface area contributed by atoms with E-state index in [0.29, 0.717) is 42.0 Å². The van der Waals surface area contributed by atoms with Crippen LogP contribution in [0.3, 0.4) is 0 Å². The number of hydrogen-bond acceptors (Lipinski definition) is 5. The number of para-hydroxylation sites is 1. The molecule has 0 amide bonds. The van der Waals surface area contributed by atoms with E-state index in [1.54, 1.807) is 17.6 Å². The molecule has 2 aromatic heterocycles. The average molecular weight is 390 g/mol. The van der Waals surface area contributed by atoms with Gasteiger partial charge in [0.1, 0.15) is 0 Å². The lowest BCUT2D eigenvalue weighted by atomic mass is 10.1. The lowest BCUT2D eigenvalue weighted by Gasteiger charge is -2.15. The van der Waals surface area contributed by atoms with Crippen molar-refractivity contribution in [1.29, 1.82) is 0 Å². The van der Waals surface area contributed by atoms with Gasteiger partial charge in [-0.05, 0) is 43.5 Å². The molecule has 0 aliphatic rings. The predicted molar refractivity (Wildman–Crippen MR) is 110 cm³/mol. The summed E-state index contributed by atoms with van der Waals surface area (Å²) in [6, 6.07) is 15.2. The van der Waals surface area contributed by atoms with Crippen molar-refractivity contribution in [3.8, 4) is 0 Å². The first kappa shape index (κ1) is 18.9. The maximum atomic E-state index is 13.2. The summed E-state index contributed by atoms with van der Waals surface area (Å²) in [6.45, 7) is 4.48. The van der Waals surface area contributed by atoms with Gasteiger partial charge in [0.2, 0.25) is 5.89 Å². The van der Waals surface area contributed by atoms with Gasteiger partial charge in [0.05, 0.1) is 17.4 Å². The molecule has 0 fully saturated rings. The second-order valence-electron chi connectivity index (χ2n) is 7.11. The molecule has 2 aromatic carbocycles. The van der Waals surface area contributed by atoms with Crippen molar-refractivity contribution in [1.82, 2.24) is 19.3 Å². The fourth-order valence-corrected chi connectivity index (χ4v) is 3.51. The minimum absolute atomic E-state index is 0.270. The molecule has 0 N–H and O–H groups in total. The van der Waals surface area contributed by atoms with Crippen LogP contribution in [-0.2, 0) is 19.5 Å². The van der Waals surface area contributed by atoms with Gasteiger partial charge >= 0.3 is 5.69 Å². The summed E-state index contributed by atoms with van der Waals surface area (Å²) in [4.78, 5) is 30.4. The first-order valence-corrected chi connectivity index (χ1v) is 9.60. The summed E-state index contributed by atoms with van der Waals surface area (Å²) < 4.78 is 8.10. The maximum absolute atomic E-state index is 13.2. The fraction of sp³-hybridized carbons (Fsp3) is 0.273. The van der Waals surface area contributed by atoms with E-state index < -0.39 is 0 Å². The molecular formula is C22H22N4O3. The Morgan fingerprint density at radius 3 is 2.48 bits per heavy atom. The van der Waals surface area contributed by atoms with Gasteiger partial charge in [-0.1, -0.05) is 41.6 Å². The van der Waals surface area contributed by atoms with Crippen LogP contribution in [0, 0.1) is 13.8 Å². The lowest BCUT2D eigenvalue weighted by molar-refractivity contribution is 0.368. The predicted octanol–water partition coefficient (Wildman–Crippen LogP) is 2.84. The van der Waals surface area contributed by atoms with E-state index >= 15 is 0 Å². The molecule has 0 saturated carbocycles. The van der Waals surface area contributed by atoms with Gasteiger partial charge in [-0.15, -0.1) is 0 Å². The van der Waals surface area contributed by atoms with Crippen LogP contribution in [-0.4, -0.2) is 19.3 Å². The van der Waals surface area contributed by atoms with E-state index in [-0.39, 0.29) is 17.8 Å². The highest BCUT2D eigenvalue weighted by atomic mass is 16.5. The topological polar surface area (TPSA) is 82.9 Å². The Morgan fingerprint density at radius 2 is 1.72 bits per heavy atom. The van der Waals surface area contributed by atoms with Gasteiger partial charge in [0.25, 0.3) is 5.56 Å². The highest BCUT2D eigenvalue weighted by Gasteiger charge is 2.14. The molecule has 0 spiro atoms. The van der Waals surface area contributed by atoms with Gasteiger partial charge in [0, 0.05) is 13.0 Å². The zero-order valence-corrected chi connectivity index (χ0v) is 16.5. The van der Waals surface area contributed by atoms with Crippen LogP contribution in [0.5, 0.6) is 0 Å². The lowest BCUT2D eigenvalue weighted by Crippen LogP contribution is -2.40. The minimum atomic E-state index is -0.307. The van der Waals surface area contributed by atoms with E-state index in [4.69, 9.17) is 4.52 Å². The van der Waals surface area contributed by atoms with Crippen molar-refractivity contribution < 1.29 is 4.52 Å². The Kier molecular flexibility index (Phi) is 5.12. The molecule has 0 radical (unpaired) electrons. The molecule has 29 heavy (non-hydrogen) atoms. The Morgan fingerprint density at radius 1 is 0.966 bits per heavy atom. The van der Waals surface area contributed by atoms with Crippen molar-refractivity contribution in [2.75, 3.05) is 0 Å². The van der Waals surface area contributed by atoms with E-state index in [0.717, 1.165) is 11.1 Å². The van der Waals surface area contributed by atoms with E-state index in [1.165, 1.54) is 4.57 Å². The molecular weight excluding hydrogens is 368 g/mol. The summed E-state index contributed by atoms with van der Waals surface area (Å²) in [7, 11) is 0. The third kappa shape index (κ3) is 3.76. The molecule has 0 aliphatic carbocycles. The third-order valence-electron chi connectivity index (χ3n) is 5.06. The molecule has 2 heterocycles. The number of nitrogens with zero attached hydrogens (tertiary/aromatic N) is 4. The number of aromatic nitrogens is 4. The molecule has 0 saturated heterocycles.